The number of hydrogen-bond acceptors (Lipinski definition) is 6. The largest absolute Gasteiger partial charge is 0.508 e. The van der Waals surface area contributed by atoms with Gasteiger partial charge in [0.05, 0.1) is 13.2 Å². The van der Waals surface area contributed by atoms with Gasteiger partial charge in [-0.05, 0) is 30.2 Å². The van der Waals surface area contributed by atoms with Gasteiger partial charge in [0.2, 0.25) is 5.89 Å². The smallest absolute Gasteiger partial charge is 0.273 e. The van der Waals surface area contributed by atoms with E-state index in [0.717, 1.165) is 11.1 Å². The number of ether oxygens (including phenoxy) is 1. The normalized spacial score (nSPS) is 11.8. The topological polar surface area (TPSA) is 111 Å². The van der Waals surface area contributed by atoms with Crippen molar-refractivity contribution in [3.8, 4) is 11.5 Å². The Morgan fingerprint density at radius 1 is 1.26 bits per heavy atom. The van der Waals surface area contributed by atoms with E-state index in [1.54, 1.807) is 31.4 Å². The molecule has 1 amide bonds. The molecule has 0 aliphatic heterocycles. The maximum atomic E-state index is 12.3. The van der Waals surface area contributed by atoms with Crippen LogP contribution in [-0.4, -0.2) is 23.1 Å². The van der Waals surface area contributed by atoms with Crippen LogP contribution in [0.1, 0.15) is 33.5 Å². The molecule has 1 unspecified atom stereocenters. The van der Waals surface area contributed by atoms with E-state index in [-0.39, 0.29) is 23.2 Å². The molecule has 4 N–H and O–H groups in total. The first-order valence-corrected chi connectivity index (χ1v) is 8.46. The second-order valence-electron chi connectivity index (χ2n) is 6.04. The van der Waals surface area contributed by atoms with E-state index >= 15 is 0 Å². The van der Waals surface area contributed by atoms with Crippen LogP contribution >= 0.6 is 0 Å². The van der Waals surface area contributed by atoms with Crippen LogP contribution < -0.4 is 15.8 Å². The van der Waals surface area contributed by atoms with Gasteiger partial charge in [0.15, 0.2) is 5.69 Å². The van der Waals surface area contributed by atoms with Crippen LogP contribution in [0.25, 0.3) is 0 Å². The summed E-state index contributed by atoms with van der Waals surface area (Å²) in [7, 11) is 1.58. The Morgan fingerprint density at radius 3 is 2.74 bits per heavy atom. The number of benzene rings is 2. The Hall–Kier alpha value is -3.32. The second-order valence-corrected chi connectivity index (χ2v) is 6.04. The highest BCUT2D eigenvalue weighted by molar-refractivity contribution is 5.91. The first-order chi connectivity index (χ1) is 13.1. The number of nitrogens with two attached hydrogens (primary N) is 1. The van der Waals surface area contributed by atoms with Gasteiger partial charge in [-0.25, -0.2) is 4.98 Å². The molecule has 3 aromatic rings. The van der Waals surface area contributed by atoms with Gasteiger partial charge in [0.25, 0.3) is 5.91 Å². The summed E-state index contributed by atoms with van der Waals surface area (Å²) in [6.45, 7) is 0.310. The number of aromatic nitrogens is 1. The molecule has 0 saturated heterocycles. The van der Waals surface area contributed by atoms with E-state index in [2.05, 4.69) is 10.3 Å². The minimum Gasteiger partial charge on any atom is -0.508 e. The number of carbonyl (C=O) groups is 1. The molecule has 0 radical (unpaired) electrons. The third kappa shape index (κ3) is 4.65. The van der Waals surface area contributed by atoms with E-state index in [1.165, 1.54) is 6.26 Å². The Morgan fingerprint density at radius 2 is 2.00 bits per heavy atom. The molecule has 0 saturated carbocycles. The molecule has 7 heteroatoms. The summed E-state index contributed by atoms with van der Waals surface area (Å²) in [5.41, 5.74) is 8.08. The zero-order valence-electron chi connectivity index (χ0n) is 14.9. The van der Waals surface area contributed by atoms with Crippen molar-refractivity contribution in [1.82, 2.24) is 10.3 Å². The maximum absolute atomic E-state index is 12.3. The Labute approximate surface area is 156 Å². The van der Waals surface area contributed by atoms with Crippen molar-refractivity contribution in [2.45, 2.75) is 19.0 Å². The van der Waals surface area contributed by atoms with Crippen LogP contribution in [0.2, 0.25) is 0 Å². The number of aromatic hydroxyl groups is 1. The van der Waals surface area contributed by atoms with Crippen molar-refractivity contribution in [3.63, 3.8) is 0 Å². The number of nitrogens with zero attached hydrogens (tertiary/aromatic N) is 1. The van der Waals surface area contributed by atoms with E-state index < -0.39 is 6.04 Å². The lowest BCUT2D eigenvalue weighted by molar-refractivity contribution is 0.0945. The average Bonchev–Trinajstić information content (AvgIpc) is 3.18. The SMILES string of the molecule is COc1ccccc1CNC(=O)c1coc(C(N)Cc2ccc(O)cc2)n1. The lowest BCUT2D eigenvalue weighted by Crippen LogP contribution is -2.23. The monoisotopic (exact) mass is 367 g/mol. The number of phenolic OH excluding ortho intramolecular Hbond substituents is 1. The molecule has 2 aromatic carbocycles. The highest BCUT2D eigenvalue weighted by atomic mass is 16.5. The van der Waals surface area contributed by atoms with Gasteiger partial charge in [-0.15, -0.1) is 0 Å². The molecule has 0 aliphatic carbocycles. The first kappa shape index (κ1) is 18.5. The summed E-state index contributed by atoms with van der Waals surface area (Å²) >= 11 is 0. The number of hydrogen-bond donors (Lipinski definition) is 3. The number of carbonyl (C=O) groups excluding carboxylic acids is 1. The van der Waals surface area contributed by atoms with Crippen molar-refractivity contribution in [1.29, 1.82) is 0 Å². The van der Waals surface area contributed by atoms with E-state index in [9.17, 15) is 9.90 Å². The first-order valence-electron chi connectivity index (χ1n) is 8.46. The number of amides is 1. The second kappa shape index (κ2) is 8.37. The number of nitrogens with one attached hydrogen (secondary N) is 1. The molecule has 1 heterocycles. The molecule has 1 aromatic heterocycles. The minimum absolute atomic E-state index is 0.168. The molecule has 3 rings (SSSR count). The number of para-hydroxylation sites is 1. The van der Waals surface area contributed by atoms with Crippen LogP contribution in [0.15, 0.2) is 59.2 Å². The van der Waals surface area contributed by atoms with Crippen LogP contribution in [0.3, 0.4) is 0 Å². The standard InChI is InChI=1S/C20H21N3O4/c1-26-18-5-3-2-4-14(18)11-22-19(25)17-12-27-20(23-17)16(21)10-13-6-8-15(24)9-7-13/h2-9,12,16,24H,10-11,21H2,1H3,(H,22,25). The average molecular weight is 367 g/mol. The summed E-state index contributed by atoms with van der Waals surface area (Å²) in [4.78, 5) is 16.5. The summed E-state index contributed by atoms with van der Waals surface area (Å²) in [5, 5.41) is 12.1. The fourth-order valence-corrected chi connectivity index (χ4v) is 2.65. The highest BCUT2D eigenvalue weighted by Crippen LogP contribution is 2.19. The van der Waals surface area contributed by atoms with Gasteiger partial charge in [0, 0.05) is 12.1 Å². The van der Waals surface area contributed by atoms with Crippen molar-refractivity contribution >= 4 is 5.91 Å². The van der Waals surface area contributed by atoms with Crippen molar-refractivity contribution in [3.05, 3.63) is 77.5 Å². The van der Waals surface area contributed by atoms with Gasteiger partial charge in [-0.1, -0.05) is 30.3 Å². The van der Waals surface area contributed by atoms with Crippen molar-refractivity contribution in [2.24, 2.45) is 5.73 Å². The van der Waals surface area contributed by atoms with Gasteiger partial charge in [-0.2, -0.15) is 0 Å². The zero-order chi connectivity index (χ0) is 19.2. The van der Waals surface area contributed by atoms with Crippen LogP contribution in [0.4, 0.5) is 0 Å². The third-order valence-corrected chi connectivity index (χ3v) is 4.10. The number of rotatable bonds is 7. The number of methoxy groups -OCH3 is 1. The molecule has 27 heavy (non-hydrogen) atoms. The molecule has 1 atom stereocenters. The summed E-state index contributed by atoms with van der Waals surface area (Å²) in [5.74, 6) is 0.824. The number of oxazole rings is 1. The molecule has 7 nitrogen and oxygen atoms in total. The zero-order valence-corrected chi connectivity index (χ0v) is 14.9. The van der Waals surface area contributed by atoms with Gasteiger partial charge in [0.1, 0.15) is 17.8 Å². The minimum atomic E-state index is -0.495. The fourth-order valence-electron chi connectivity index (χ4n) is 2.65. The van der Waals surface area contributed by atoms with Gasteiger partial charge < -0.3 is 25.3 Å². The summed E-state index contributed by atoms with van der Waals surface area (Å²) < 4.78 is 10.6. The van der Waals surface area contributed by atoms with E-state index in [1.807, 2.05) is 24.3 Å². The number of phenols is 1. The molecule has 0 bridgehead atoms. The highest BCUT2D eigenvalue weighted by Gasteiger charge is 2.17. The fraction of sp³-hybridized carbons (Fsp3) is 0.200. The summed E-state index contributed by atoms with van der Waals surface area (Å²) in [6, 6.07) is 13.7. The predicted octanol–water partition coefficient (Wildman–Crippen LogP) is 2.56. The predicted molar refractivity (Wildman–Crippen MR) is 99.4 cm³/mol. The summed E-state index contributed by atoms with van der Waals surface area (Å²) in [6.07, 6.45) is 1.77. The molecule has 140 valence electrons. The Bertz CT molecular complexity index is 906. The molecule has 0 spiro atoms. The maximum Gasteiger partial charge on any atom is 0.273 e. The quantitative estimate of drug-likeness (QED) is 0.592. The molecule has 0 fully saturated rings. The Kier molecular flexibility index (Phi) is 5.73. The third-order valence-electron chi connectivity index (χ3n) is 4.10. The lowest BCUT2D eigenvalue weighted by atomic mass is 10.1. The lowest BCUT2D eigenvalue weighted by Gasteiger charge is -2.08. The Balaban J connectivity index is 1.60. The van der Waals surface area contributed by atoms with Crippen molar-refractivity contribution < 1.29 is 19.1 Å². The van der Waals surface area contributed by atoms with Crippen molar-refractivity contribution in [2.75, 3.05) is 7.11 Å². The van der Waals surface area contributed by atoms with E-state index in [4.69, 9.17) is 14.9 Å². The van der Waals surface area contributed by atoms with Crippen LogP contribution in [-0.2, 0) is 13.0 Å². The molecular formula is C20H21N3O4. The molecule has 0 aliphatic rings. The van der Waals surface area contributed by atoms with Gasteiger partial charge >= 0.3 is 0 Å². The van der Waals surface area contributed by atoms with E-state index in [0.29, 0.717) is 18.7 Å². The van der Waals surface area contributed by atoms with Crippen LogP contribution in [0.5, 0.6) is 11.5 Å². The van der Waals surface area contributed by atoms with Gasteiger partial charge in [-0.3, -0.25) is 4.79 Å². The molecular weight excluding hydrogens is 346 g/mol. The van der Waals surface area contributed by atoms with Crippen LogP contribution in [0, 0.1) is 0 Å².